The lowest BCUT2D eigenvalue weighted by Gasteiger charge is -1.91. The smallest absolute Gasteiger partial charge is 0.0813 e. The molecule has 0 saturated carbocycles. The van der Waals surface area contributed by atoms with E-state index < -0.39 is 0 Å². The molecule has 2 nitrogen and oxygen atoms in total. The molecule has 0 radical (unpaired) electrons. The van der Waals surface area contributed by atoms with Gasteiger partial charge in [-0.15, -0.1) is 0 Å². The van der Waals surface area contributed by atoms with Crippen LogP contribution in [0.5, 0.6) is 0 Å². The van der Waals surface area contributed by atoms with Crippen LogP contribution in [0.2, 0.25) is 0 Å². The van der Waals surface area contributed by atoms with Gasteiger partial charge < -0.3 is 0 Å². The molecule has 0 spiro atoms. The molecule has 0 saturated heterocycles. The summed E-state index contributed by atoms with van der Waals surface area (Å²) in [5, 5.41) is 0. The minimum absolute atomic E-state index is 0.872. The molecule has 2 aromatic rings. The third-order valence-electron chi connectivity index (χ3n) is 1.81. The monoisotopic (exact) mass is 182 g/mol. The van der Waals surface area contributed by atoms with Crippen LogP contribution in [0.3, 0.4) is 0 Å². The number of rotatable bonds is 2. The lowest BCUT2D eigenvalue weighted by atomic mass is 10.2. The Morgan fingerprint density at radius 3 is 2.57 bits per heavy atom. The van der Waals surface area contributed by atoms with Gasteiger partial charge in [-0.3, -0.25) is 9.98 Å². The number of hydrogen-bond acceptors (Lipinski definition) is 2. The third-order valence-corrected chi connectivity index (χ3v) is 1.81. The molecule has 0 aliphatic carbocycles. The van der Waals surface area contributed by atoms with E-state index in [4.69, 9.17) is 0 Å². The van der Waals surface area contributed by atoms with E-state index in [0.29, 0.717) is 0 Å². The van der Waals surface area contributed by atoms with E-state index in [1.807, 2.05) is 48.7 Å². The molecular formula is C12H10N2. The molecule has 0 atom stereocenters. The molecule has 0 N–H and O–H groups in total. The quantitative estimate of drug-likeness (QED) is 0.655. The van der Waals surface area contributed by atoms with Gasteiger partial charge in [-0.25, -0.2) is 0 Å². The van der Waals surface area contributed by atoms with E-state index in [1.54, 1.807) is 12.4 Å². The Balaban J connectivity index is 2.16. The molecule has 1 heterocycles. The predicted molar refractivity (Wildman–Crippen MR) is 57.9 cm³/mol. The summed E-state index contributed by atoms with van der Waals surface area (Å²) in [6.45, 7) is 0. The Morgan fingerprint density at radius 1 is 1.00 bits per heavy atom. The first kappa shape index (κ1) is 8.63. The lowest BCUT2D eigenvalue weighted by Crippen LogP contribution is -1.77. The van der Waals surface area contributed by atoms with Gasteiger partial charge in [-0.2, -0.15) is 0 Å². The first-order valence-electron chi connectivity index (χ1n) is 4.44. The number of nitrogens with zero attached hydrogens (tertiary/aromatic N) is 2. The van der Waals surface area contributed by atoms with Gasteiger partial charge in [0.25, 0.3) is 0 Å². The predicted octanol–water partition coefficient (Wildman–Crippen LogP) is 2.83. The Hall–Kier alpha value is -1.96. The van der Waals surface area contributed by atoms with E-state index in [-0.39, 0.29) is 0 Å². The van der Waals surface area contributed by atoms with Gasteiger partial charge in [0.2, 0.25) is 0 Å². The number of aromatic nitrogens is 1. The standard InChI is InChI=1S/C12H10N2/c1-2-5-11(6-3-1)9-14-12-7-4-8-13-10-12/h1-10H. The van der Waals surface area contributed by atoms with Crippen molar-refractivity contribution >= 4 is 11.9 Å². The molecule has 0 amide bonds. The van der Waals surface area contributed by atoms with E-state index >= 15 is 0 Å². The maximum atomic E-state index is 4.29. The van der Waals surface area contributed by atoms with Gasteiger partial charge in [0.1, 0.15) is 0 Å². The zero-order valence-corrected chi connectivity index (χ0v) is 7.67. The van der Waals surface area contributed by atoms with Gasteiger partial charge in [0, 0.05) is 12.4 Å². The Morgan fingerprint density at radius 2 is 1.86 bits per heavy atom. The minimum atomic E-state index is 0.872. The summed E-state index contributed by atoms with van der Waals surface area (Å²) in [5.74, 6) is 0. The van der Waals surface area contributed by atoms with Crippen LogP contribution in [0.1, 0.15) is 5.56 Å². The highest BCUT2D eigenvalue weighted by Crippen LogP contribution is 2.07. The van der Waals surface area contributed by atoms with Gasteiger partial charge in [0.05, 0.1) is 11.9 Å². The second-order valence-corrected chi connectivity index (χ2v) is 2.88. The van der Waals surface area contributed by atoms with E-state index in [0.717, 1.165) is 11.3 Å². The van der Waals surface area contributed by atoms with Gasteiger partial charge in [0.15, 0.2) is 0 Å². The van der Waals surface area contributed by atoms with Crippen LogP contribution < -0.4 is 0 Å². The molecule has 0 unspecified atom stereocenters. The summed E-state index contributed by atoms with van der Waals surface area (Å²) in [6, 6.07) is 13.8. The van der Waals surface area contributed by atoms with Crippen LogP contribution in [0.25, 0.3) is 0 Å². The zero-order valence-electron chi connectivity index (χ0n) is 7.67. The molecule has 14 heavy (non-hydrogen) atoms. The summed E-state index contributed by atoms with van der Waals surface area (Å²) in [6.07, 6.45) is 5.30. The van der Waals surface area contributed by atoms with Crippen molar-refractivity contribution in [1.29, 1.82) is 0 Å². The summed E-state index contributed by atoms with van der Waals surface area (Å²) < 4.78 is 0. The first-order valence-corrected chi connectivity index (χ1v) is 4.44. The SMILES string of the molecule is C(=Nc1cccnc1)c1ccccc1. The summed E-state index contributed by atoms with van der Waals surface area (Å²) >= 11 is 0. The molecule has 1 aromatic carbocycles. The number of hydrogen-bond donors (Lipinski definition) is 0. The van der Waals surface area contributed by atoms with Crippen molar-refractivity contribution < 1.29 is 0 Å². The Labute approximate surface area is 83.0 Å². The van der Waals surface area contributed by atoms with Crippen LogP contribution >= 0.6 is 0 Å². The van der Waals surface area contributed by atoms with Gasteiger partial charge in [-0.05, 0) is 17.7 Å². The van der Waals surface area contributed by atoms with Crippen molar-refractivity contribution in [3.63, 3.8) is 0 Å². The van der Waals surface area contributed by atoms with Crippen LogP contribution in [0.4, 0.5) is 5.69 Å². The largest absolute Gasteiger partial charge is 0.262 e. The second-order valence-electron chi connectivity index (χ2n) is 2.88. The van der Waals surface area contributed by atoms with Crippen molar-refractivity contribution in [2.45, 2.75) is 0 Å². The molecule has 0 aliphatic rings. The third kappa shape index (κ3) is 2.26. The summed E-state index contributed by atoms with van der Waals surface area (Å²) in [4.78, 5) is 8.27. The van der Waals surface area contributed by atoms with Crippen molar-refractivity contribution in [1.82, 2.24) is 4.98 Å². The zero-order chi connectivity index (χ0) is 9.64. The highest BCUT2D eigenvalue weighted by atomic mass is 14.8. The van der Waals surface area contributed by atoms with Crippen molar-refractivity contribution in [3.8, 4) is 0 Å². The first-order chi connectivity index (χ1) is 6.95. The highest BCUT2D eigenvalue weighted by molar-refractivity contribution is 5.81. The average molecular weight is 182 g/mol. The lowest BCUT2D eigenvalue weighted by molar-refractivity contribution is 1.31. The van der Waals surface area contributed by atoms with Crippen molar-refractivity contribution in [2.24, 2.45) is 4.99 Å². The molecule has 2 rings (SSSR count). The van der Waals surface area contributed by atoms with E-state index in [9.17, 15) is 0 Å². The summed E-state index contributed by atoms with van der Waals surface area (Å²) in [5.41, 5.74) is 1.97. The van der Waals surface area contributed by atoms with Crippen LogP contribution in [0, 0.1) is 0 Å². The minimum Gasteiger partial charge on any atom is -0.262 e. The van der Waals surface area contributed by atoms with Crippen LogP contribution in [-0.2, 0) is 0 Å². The number of aliphatic imine (C=N–C) groups is 1. The molecule has 0 bridgehead atoms. The molecular weight excluding hydrogens is 172 g/mol. The topological polar surface area (TPSA) is 25.2 Å². The van der Waals surface area contributed by atoms with E-state index in [1.165, 1.54) is 0 Å². The van der Waals surface area contributed by atoms with Gasteiger partial charge >= 0.3 is 0 Å². The van der Waals surface area contributed by atoms with Crippen LogP contribution in [0.15, 0.2) is 59.9 Å². The van der Waals surface area contributed by atoms with E-state index in [2.05, 4.69) is 9.98 Å². The fourth-order valence-electron chi connectivity index (χ4n) is 1.12. The number of pyridine rings is 1. The molecule has 0 aliphatic heterocycles. The van der Waals surface area contributed by atoms with Gasteiger partial charge in [-0.1, -0.05) is 30.3 Å². The fraction of sp³-hybridized carbons (Fsp3) is 0. The van der Waals surface area contributed by atoms with Crippen LogP contribution in [-0.4, -0.2) is 11.2 Å². The maximum Gasteiger partial charge on any atom is 0.0813 e. The molecule has 2 heteroatoms. The maximum absolute atomic E-state index is 4.29. The van der Waals surface area contributed by atoms with Crippen molar-refractivity contribution in [3.05, 3.63) is 60.4 Å². The fourth-order valence-corrected chi connectivity index (χ4v) is 1.12. The Bertz CT molecular complexity index is 365. The second kappa shape index (κ2) is 4.33. The number of benzene rings is 1. The molecule has 68 valence electrons. The Kier molecular flexibility index (Phi) is 2.67. The average Bonchev–Trinajstić information content (AvgIpc) is 2.29. The molecule has 0 fully saturated rings. The van der Waals surface area contributed by atoms with Crippen molar-refractivity contribution in [2.75, 3.05) is 0 Å². The summed E-state index contributed by atoms with van der Waals surface area (Å²) in [7, 11) is 0. The highest BCUT2D eigenvalue weighted by Gasteiger charge is 1.86. The normalized spacial score (nSPS) is 10.6. The molecule has 1 aromatic heterocycles.